The molecule has 174 valence electrons. The van der Waals surface area contributed by atoms with Crippen molar-refractivity contribution >= 4 is 38.1 Å². The normalized spacial score (nSPS) is 15.5. The number of amides is 1. The molecule has 1 amide bonds. The largest absolute Gasteiger partial charge is 0.416 e. The van der Waals surface area contributed by atoms with E-state index in [0.29, 0.717) is 24.2 Å². The number of nitrogens with one attached hydrogen (secondary N) is 1. The molecule has 4 rings (SSSR count). The molecule has 1 aromatic heterocycles. The summed E-state index contributed by atoms with van der Waals surface area (Å²) in [5.74, 6) is -0.293. The van der Waals surface area contributed by atoms with E-state index in [9.17, 15) is 26.4 Å². The molecule has 10 heteroatoms. The van der Waals surface area contributed by atoms with E-state index in [1.165, 1.54) is 43.5 Å². The molecule has 0 spiro atoms. The average Bonchev–Trinajstić information content (AvgIpc) is 3.13. The zero-order chi connectivity index (χ0) is 24.0. The number of hydrogen-bond donors (Lipinski definition) is 1. The van der Waals surface area contributed by atoms with Gasteiger partial charge in [-0.2, -0.15) is 13.2 Å². The fourth-order valence-corrected chi connectivity index (χ4v) is 5.24. The summed E-state index contributed by atoms with van der Waals surface area (Å²) in [6, 6.07) is 8.72. The van der Waals surface area contributed by atoms with E-state index in [1.807, 2.05) is 13.1 Å². The summed E-state index contributed by atoms with van der Waals surface area (Å²) in [5.41, 5.74) is 1.06. The van der Waals surface area contributed by atoms with Crippen LogP contribution in [-0.2, 0) is 21.0 Å². The number of nitrogens with zero attached hydrogens (tertiary/aromatic N) is 2. The van der Waals surface area contributed by atoms with Gasteiger partial charge in [-0.25, -0.2) is 12.4 Å². The maximum atomic E-state index is 13.4. The molecule has 33 heavy (non-hydrogen) atoms. The van der Waals surface area contributed by atoms with Gasteiger partial charge in [-0.1, -0.05) is 6.08 Å². The van der Waals surface area contributed by atoms with Crippen LogP contribution in [0.5, 0.6) is 0 Å². The van der Waals surface area contributed by atoms with Crippen LogP contribution in [0.2, 0.25) is 0 Å². The smallest absolute Gasteiger partial charge is 0.326 e. The number of likely N-dealkylation sites (N-methyl/N-ethyl adjacent to an activating group) is 1. The number of carbonyl (C=O) groups is 1. The highest BCUT2D eigenvalue weighted by Gasteiger charge is 2.32. The van der Waals surface area contributed by atoms with Crippen LogP contribution in [0, 0.1) is 0 Å². The number of rotatable bonds is 4. The third kappa shape index (κ3) is 4.53. The van der Waals surface area contributed by atoms with Crippen molar-refractivity contribution in [2.45, 2.75) is 24.4 Å². The van der Waals surface area contributed by atoms with Crippen LogP contribution in [0.1, 0.15) is 24.5 Å². The monoisotopic (exact) mass is 477 g/mol. The first-order chi connectivity index (χ1) is 15.5. The van der Waals surface area contributed by atoms with Crippen LogP contribution < -0.4 is 5.32 Å². The minimum atomic E-state index is -4.55. The summed E-state index contributed by atoms with van der Waals surface area (Å²) in [4.78, 5) is 13.2. The molecule has 0 aliphatic carbocycles. The summed E-state index contributed by atoms with van der Waals surface area (Å²) in [5, 5.41) is 2.80. The maximum Gasteiger partial charge on any atom is 0.416 e. The second-order valence-electron chi connectivity index (χ2n) is 8.02. The first-order valence-corrected chi connectivity index (χ1v) is 11.6. The van der Waals surface area contributed by atoms with Gasteiger partial charge in [0, 0.05) is 42.8 Å². The Morgan fingerprint density at radius 1 is 1.09 bits per heavy atom. The predicted molar refractivity (Wildman–Crippen MR) is 120 cm³/mol. The lowest BCUT2D eigenvalue weighted by Crippen LogP contribution is -2.23. The molecule has 0 unspecified atom stereocenters. The number of carbonyl (C=O) groups excluding carboxylic acids is 1. The van der Waals surface area contributed by atoms with E-state index in [-0.39, 0.29) is 21.7 Å². The number of alkyl halides is 3. The molecule has 0 radical (unpaired) electrons. The minimum absolute atomic E-state index is 0.0442. The van der Waals surface area contributed by atoms with E-state index in [2.05, 4.69) is 10.2 Å². The van der Waals surface area contributed by atoms with Crippen LogP contribution in [0.4, 0.5) is 18.9 Å². The Morgan fingerprint density at radius 2 is 1.79 bits per heavy atom. The molecule has 1 aliphatic heterocycles. The van der Waals surface area contributed by atoms with Crippen molar-refractivity contribution < 1.29 is 26.4 Å². The first kappa shape index (κ1) is 23.1. The standard InChI is InChI=1S/C23H22F3N3O3S/c1-15(30)27-18-4-6-19(7-5-18)33(31,32)29-14-21(16-9-11-28(2)12-10-16)20-13-17(23(24,25)26)3-8-22(20)29/h3-9,13-14H,10-12H2,1-2H3,(H,27,30). The zero-order valence-corrected chi connectivity index (χ0v) is 18.8. The number of benzene rings is 2. The van der Waals surface area contributed by atoms with E-state index in [4.69, 9.17) is 0 Å². The second kappa shape index (κ2) is 8.35. The van der Waals surface area contributed by atoms with Gasteiger partial charge in [0.05, 0.1) is 16.0 Å². The highest BCUT2D eigenvalue weighted by molar-refractivity contribution is 7.90. The van der Waals surface area contributed by atoms with Crippen LogP contribution in [0.3, 0.4) is 0 Å². The number of halogens is 3. The summed E-state index contributed by atoms with van der Waals surface area (Å²) in [6.07, 6.45) is -0.638. The first-order valence-electron chi connectivity index (χ1n) is 10.2. The van der Waals surface area contributed by atoms with Crippen molar-refractivity contribution in [2.24, 2.45) is 0 Å². The lowest BCUT2D eigenvalue weighted by atomic mass is 9.98. The lowest BCUT2D eigenvalue weighted by molar-refractivity contribution is -0.137. The van der Waals surface area contributed by atoms with Gasteiger partial charge in [0.1, 0.15) is 0 Å². The van der Waals surface area contributed by atoms with Gasteiger partial charge in [-0.15, -0.1) is 0 Å². The fourth-order valence-electron chi connectivity index (χ4n) is 3.87. The van der Waals surface area contributed by atoms with Crippen molar-refractivity contribution in [3.05, 3.63) is 65.9 Å². The number of hydrogen-bond acceptors (Lipinski definition) is 4. The van der Waals surface area contributed by atoms with Gasteiger partial charge < -0.3 is 10.2 Å². The van der Waals surface area contributed by atoms with Gasteiger partial charge >= 0.3 is 6.18 Å². The number of aromatic nitrogens is 1. The Kier molecular flexibility index (Phi) is 5.83. The van der Waals surface area contributed by atoms with Gasteiger partial charge in [-0.3, -0.25) is 4.79 Å². The summed E-state index contributed by atoms with van der Waals surface area (Å²) >= 11 is 0. The molecule has 1 aliphatic rings. The molecule has 3 aromatic rings. The Hall–Kier alpha value is -3.11. The van der Waals surface area contributed by atoms with Crippen molar-refractivity contribution in [3.8, 4) is 0 Å². The molecule has 0 bridgehead atoms. The Bertz CT molecular complexity index is 1360. The van der Waals surface area contributed by atoms with Crippen molar-refractivity contribution in [1.82, 2.24) is 8.87 Å². The Balaban J connectivity index is 1.87. The zero-order valence-electron chi connectivity index (χ0n) is 18.0. The molecule has 0 atom stereocenters. The topological polar surface area (TPSA) is 71.4 Å². The fraction of sp³-hybridized carbons (Fsp3) is 0.261. The molecule has 1 N–H and O–H groups in total. The Labute approximate surface area is 189 Å². The van der Waals surface area contributed by atoms with Gasteiger partial charge in [0.15, 0.2) is 0 Å². The molecule has 0 saturated heterocycles. The van der Waals surface area contributed by atoms with E-state index in [1.54, 1.807) is 0 Å². The highest BCUT2D eigenvalue weighted by Crippen LogP contribution is 2.37. The summed E-state index contributed by atoms with van der Waals surface area (Å²) < 4.78 is 68.1. The van der Waals surface area contributed by atoms with E-state index >= 15 is 0 Å². The molecule has 0 saturated carbocycles. The molecular weight excluding hydrogens is 455 g/mol. The average molecular weight is 478 g/mol. The predicted octanol–water partition coefficient (Wildman–Crippen LogP) is 4.57. The van der Waals surface area contributed by atoms with E-state index < -0.39 is 21.8 Å². The molecule has 2 heterocycles. The molecule has 0 fully saturated rings. The third-order valence-electron chi connectivity index (χ3n) is 5.59. The quantitative estimate of drug-likeness (QED) is 0.598. The summed E-state index contributed by atoms with van der Waals surface area (Å²) in [7, 11) is -2.16. The molecule has 2 aromatic carbocycles. The van der Waals surface area contributed by atoms with Crippen LogP contribution in [-0.4, -0.2) is 43.3 Å². The van der Waals surface area contributed by atoms with E-state index in [0.717, 1.165) is 28.2 Å². The van der Waals surface area contributed by atoms with Crippen LogP contribution >= 0.6 is 0 Å². The third-order valence-corrected chi connectivity index (χ3v) is 7.28. The van der Waals surface area contributed by atoms with Crippen molar-refractivity contribution in [2.75, 3.05) is 25.5 Å². The minimum Gasteiger partial charge on any atom is -0.326 e. The second-order valence-corrected chi connectivity index (χ2v) is 9.84. The van der Waals surface area contributed by atoms with Crippen molar-refractivity contribution in [1.29, 1.82) is 0 Å². The number of fused-ring (bicyclic) bond motifs is 1. The van der Waals surface area contributed by atoms with Gasteiger partial charge in [0.2, 0.25) is 5.91 Å². The molecule has 6 nitrogen and oxygen atoms in total. The highest BCUT2D eigenvalue weighted by atomic mass is 32.2. The Morgan fingerprint density at radius 3 is 2.36 bits per heavy atom. The summed E-state index contributed by atoms with van der Waals surface area (Å²) in [6.45, 7) is 2.68. The number of anilines is 1. The lowest BCUT2D eigenvalue weighted by Gasteiger charge is -2.21. The van der Waals surface area contributed by atoms with Crippen LogP contribution in [0.15, 0.2) is 59.6 Å². The maximum absolute atomic E-state index is 13.4. The van der Waals surface area contributed by atoms with Crippen LogP contribution in [0.25, 0.3) is 16.5 Å². The van der Waals surface area contributed by atoms with Crippen molar-refractivity contribution in [3.63, 3.8) is 0 Å². The SMILES string of the molecule is CC(=O)Nc1ccc(S(=O)(=O)n2cc(C3=CCN(C)CC3)c3cc(C(F)(F)F)ccc32)cc1. The molecular formula is C23H22F3N3O3S. The van der Waals surface area contributed by atoms with Gasteiger partial charge in [-0.05, 0) is 61.5 Å². The van der Waals surface area contributed by atoms with Gasteiger partial charge in [0.25, 0.3) is 10.0 Å².